The van der Waals surface area contributed by atoms with Gasteiger partial charge in [0.15, 0.2) is 0 Å². The van der Waals surface area contributed by atoms with Gasteiger partial charge in [-0.05, 0) is 30.3 Å². The molecule has 0 heterocycles. The number of hydrogen-bond donors (Lipinski definition) is 0. The molecule has 0 atom stereocenters. The number of halogens is 1. The van der Waals surface area contributed by atoms with Crippen LogP contribution in [-0.2, 0) is 16.6 Å². The summed E-state index contributed by atoms with van der Waals surface area (Å²) in [7, 11) is -0.851. The standard InChI is InChI=1S/C16H15ClN2O3S/c1-19(11-13-9-14(17)7-8-15(13)22-2)23(20,21)16-6-4-3-5-12(16)10-18/h3-9H,11H2,1-2H3. The molecular weight excluding hydrogens is 336 g/mol. The van der Waals surface area contributed by atoms with Gasteiger partial charge in [0.05, 0.1) is 17.6 Å². The minimum Gasteiger partial charge on any atom is -0.496 e. The second kappa shape index (κ2) is 7.01. The fourth-order valence-corrected chi connectivity index (χ4v) is 3.63. The number of hydrogen-bond acceptors (Lipinski definition) is 4. The van der Waals surface area contributed by atoms with Gasteiger partial charge in [-0.15, -0.1) is 0 Å². The first kappa shape index (κ1) is 17.3. The molecule has 0 saturated carbocycles. The maximum atomic E-state index is 12.7. The summed E-state index contributed by atoms with van der Waals surface area (Å²) in [6.07, 6.45) is 0. The largest absolute Gasteiger partial charge is 0.496 e. The van der Waals surface area contributed by atoms with Gasteiger partial charge in [-0.3, -0.25) is 0 Å². The summed E-state index contributed by atoms with van der Waals surface area (Å²) in [6, 6.07) is 13.0. The smallest absolute Gasteiger partial charge is 0.244 e. The molecule has 0 aromatic heterocycles. The topological polar surface area (TPSA) is 70.4 Å². The highest BCUT2D eigenvalue weighted by Crippen LogP contribution is 2.26. The van der Waals surface area contributed by atoms with Gasteiger partial charge < -0.3 is 4.74 Å². The molecule has 0 spiro atoms. The Morgan fingerprint density at radius 2 is 1.96 bits per heavy atom. The maximum absolute atomic E-state index is 12.7. The summed E-state index contributed by atoms with van der Waals surface area (Å²) in [5.74, 6) is 0.546. The van der Waals surface area contributed by atoms with Gasteiger partial charge in [0, 0.05) is 24.2 Å². The molecule has 0 fully saturated rings. The van der Waals surface area contributed by atoms with Crippen molar-refractivity contribution in [2.24, 2.45) is 0 Å². The second-order valence-electron chi connectivity index (χ2n) is 4.83. The summed E-state index contributed by atoms with van der Waals surface area (Å²) in [5, 5.41) is 9.59. The van der Waals surface area contributed by atoms with Crippen molar-refractivity contribution in [3.05, 3.63) is 58.6 Å². The quantitative estimate of drug-likeness (QED) is 0.831. The maximum Gasteiger partial charge on any atom is 0.244 e. The van der Waals surface area contributed by atoms with Gasteiger partial charge in [0.2, 0.25) is 10.0 Å². The van der Waals surface area contributed by atoms with E-state index in [9.17, 15) is 8.42 Å². The molecule has 23 heavy (non-hydrogen) atoms. The lowest BCUT2D eigenvalue weighted by Gasteiger charge is -2.19. The predicted octanol–water partition coefficient (Wildman–Crippen LogP) is 3.04. The van der Waals surface area contributed by atoms with E-state index >= 15 is 0 Å². The molecule has 5 nitrogen and oxygen atoms in total. The Morgan fingerprint density at radius 1 is 1.26 bits per heavy atom. The average Bonchev–Trinajstić information content (AvgIpc) is 2.55. The Hall–Kier alpha value is -2.07. The molecule has 0 aliphatic carbocycles. The zero-order chi connectivity index (χ0) is 17.0. The summed E-state index contributed by atoms with van der Waals surface area (Å²) in [6.45, 7) is 0.0752. The van der Waals surface area contributed by atoms with E-state index in [4.69, 9.17) is 21.6 Å². The fourth-order valence-electron chi connectivity index (χ4n) is 2.15. The van der Waals surface area contributed by atoms with E-state index < -0.39 is 10.0 Å². The number of benzene rings is 2. The molecule has 0 radical (unpaired) electrons. The fraction of sp³-hybridized carbons (Fsp3) is 0.188. The number of sulfonamides is 1. The number of ether oxygens (including phenoxy) is 1. The summed E-state index contributed by atoms with van der Waals surface area (Å²) in [5.41, 5.74) is 0.748. The Morgan fingerprint density at radius 3 is 2.61 bits per heavy atom. The van der Waals surface area contributed by atoms with Crippen LogP contribution in [0.3, 0.4) is 0 Å². The molecule has 2 aromatic carbocycles. The number of nitrogens with zero attached hydrogens (tertiary/aromatic N) is 2. The van der Waals surface area contributed by atoms with Gasteiger partial charge in [-0.25, -0.2) is 8.42 Å². The predicted molar refractivity (Wildman–Crippen MR) is 87.8 cm³/mol. The highest BCUT2D eigenvalue weighted by molar-refractivity contribution is 7.89. The summed E-state index contributed by atoms with van der Waals surface area (Å²) < 4.78 is 31.8. The molecule has 0 N–H and O–H groups in total. The Labute approximate surface area is 140 Å². The minimum atomic E-state index is -3.81. The number of nitriles is 1. The van der Waals surface area contributed by atoms with E-state index in [2.05, 4.69) is 0 Å². The van der Waals surface area contributed by atoms with Crippen LogP contribution in [0.1, 0.15) is 11.1 Å². The van der Waals surface area contributed by atoms with Crippen LogP contribution in [0.4, 0.5) is 0 Å². The van der Waals surface area contributed by atoms with E-state index in [0.717, 1.165) is 4.31 Å². The zero-order valence-corrected chi connectivity index (χ0v) is 14.2. The highest BCUT2D eigenvalue weighted by atomic mass is 35.5. The molecule has 2 aromatic rings. The van der Waals surface area contributed by atoms with Crippen molar-refractivity contribution in [2.45, 2.75) is 11.4 Å². The van der Waals surface area contributed by atoms with Crippen molar-refractivity contribution >= 4 is 21.6 Å². The zero-order valence-electron chi connectivity index (χ0n) is 12.7. The van der Waals surface area contributed by atoms with Crippen LogP contribution >= 0.6 is 11.6 Å². The van der Waals surface area contributed by atoms with Crippen LogP contribution in [-0.4, -0.2) is 26.9 Å². The van der Waals surface area contributed by atoms with Crippen molar-refractivity contribution in [1.82, 2.24) is 4.31 Å². The van der Waals surface area contributed by atoms with Crippen LogP contribution in [0.15, 0.2) is 47.4 Å². The number of methoxy groups -OCH3 is 1. The third kappa shape index (κ3) is 3.64. The van der Waals surface area contributed by atoms with Gasteiger partial charge in [-0.2, -0.15) is 9.57 Å². The van der Waals surface area contributed by atoms with E-state index in [-0.39, 0.29) is 17.0 Å². The Bertz CT molecular complexity index is 860. The molecule has 120 valence electrons. The average molecular weight is 351 g/mol. The first-order valence-electron chi connectivity index (χ1n) is 6.68. The van der Waals surface area contributed by atoms with Crippen molar-refractivity contribution in [3.8, 4) is 11.8 Å². The van der Waals surface area contributed by atoms with E-state index in [1.165, 1.54) is 26.3 Å². The molecule has 7 heteroatoms. The van der Waals surface area contributed by atoms with Gasteiger partial charge in [0.25, 0.3) is 0 Å². The summed E-state index contributed by atoms with van der Waals surface area (Å²) in [4.78, 5) is -0.0222. The lowest BCUT2D eigenvalue weighted by atomic mass is 10.2. The van der Waals surface area contributed by atoms with E-state index in [1.54, 1.807) is 30.3 Å². The monoisotopic (exact) mass is 350 g/mol. The molecule has 0 bridgehead atoms. The third-order valence-electron chi connectivity index (χ3n) is 3.33. The van der Waals surface area contributed by atoms with Gasteiger partial charge in [-0.1, -0.05) is 23.7 Å². The van der Waals surface area contributed by atoms with Crippen LogP contribution in [0.25, 0.3) is 0 Å². The first-order chi connectivity index (χ1) is 10.9. The van der Waals surface area contributed by atoms with Crippen LogP contribution < -0.4 is 4.74 Å². The van der Waals surface area contributed by atoms with E-state index in [1.807, 2.05) is 6.07 Å². The molecule has 0 aliphatic rings. The SMILES string of the molecule is COc1ccc(Cl)cc1CN(C)S(=O)(=O)c1ccccc1C#N. The van der Waals surface area contributed by atoms with E-state index in [0.29, 0.717) is 16.3 Å². The molecule has 0 unspecified atom stereocenters. The molecule has 0 saturated heterocycles. The lowest BCUT2D eigenvalue weighted by Crippen LogP contribution is -2.27. The molecule has 0 amide bonds. The minimum absolute atomic E-state index is 0.0222. The molecular formula is C16H15ClN2O3S. The third-order valence-corrected chi connectivity index (χ3v) is 5.43. The molecule has 2 rings (SSSR count). The first-order valence-corrected chi connectivity index (χ1v) is 8.50. The van der Waals surface area contributed by atoms with Crippen molar-refractivity contribution in [2.75, 3.05) is 14.2 Å². The van der Waals surface area contributed by atoms with Gasteiger partial charge in [0.1, 0.15) is 11.8 Å². The van der Waals surface area contributed by atoms with Crippen molar-refractivity contribution < 1.29 is 13.2 Å². The Kier molecular flexibility index (Phi) is 5.26. The Balaban J connectivity index is 2.39. The number of rotatable bonds is 5. The van der Waals surface area contributed by atoms with Crippen LogP contribution in [0, 0.1) is 11.3 Å². The van der Waals surface area contributed by atoms with Crippen molar-refractivity contribution in [1.29, 1.82) is 5.26 Å². The van der Waals surface area contributed by atoms with Gasteiger partial charge >= 0.3 is 0 Å². The highest BCUT2D eigenvalue weighted by Gasteiger charge is 2.24. The second-order valence-corrected chi connectivity index (χ2v) is 7.27. The summed E-state index contributed by atoms with van der Waals surface area (Å²) >= 11 is 5.97. The molecule has 0 aliphatic heterocycles. The van der Waals surface area contributed by atoms with Crippen LogP contribution in [0.5, 0.6) is 5.75 Å². The normalized spacial score (nSPS) is 11.3. The van der Waals surface area contributed by atoms with Crippen LogP contribution in [0.2, 0.25) is 5.02 Å². The lowest BCUT2D eigenvalue weighted by molar-refractivity contribution is 0.398. The van der Waals surface area contributed by atoms with Crippen molar-refractivity contribution in [3.63, 3.8) is 0 Å².